The molecule has 0 saturated heterocycles. The third kappa shape index (κ3) is 8.24. The molecule has 0 atom stereocenters. The van der Waals surface area contributed by atoms with Crippen LogP contribution in [-0.2, 0) is 9.47 Å². The maximum atomic E-state index is 10.3. The Morgan fingerprint density at radius 1 is 0.724 bits per heavy atom. The first-order valence-electron chi connectivity index (χ1n) is 8.85. The highest BCUT2D eigenvalue weighted by molar-refractivity contribution is 5.53. The lowest BCUT2D eigenvalue weighted by Crippen LogP contribution is -2.30. The Balaban J connectivity index is 0.000000308. The molecule has 0 aliphatic carbocycles. The molecule has 9 nitrogen and oxygen atoms in total. The average Bonchev–Trinajstić information content (AvgIpc) is 2.79. The SMILES string of the molecule is COCCN(CCOC)c1ccc(N=O)cc1.COc1ccc(N=O)cc1OC. The van der Waals surface area contributed by atoms with Crippen molar-refractivity contribution < 1.29 is 18.9 Å². The second-order valence-electron chi connectivity index (χ2n) is 5.71. The van der Waals surface area contributed by atoms with E-state index in [9.17, 15) is 9.81 Å². The first-order valence-corrected chi connectivity index (χ1v) is 8.85. The predicted octanol–water partition coefficient (Wildman–Crippen LogP) is 4.29. The molecule has 0 heterocycles. The summed E-state index contributed by atoms with van der Waals surface area (Å²) in [6.45, 7) is 2.87. The number of nitrogens with zero attached hydrogens (tertiary/aromatic N) is 3. The van der Waals surface area contributed by atoms with Crippen LogP contribution in [0.15, 0.2) is 52.8 Å². The van der Waals surface area contributed by atoms with Crippen LogP contribution in [0, 0.1) is 9.81 Å². The predicted molar refractivity (Wildman–Crippen MR) is 113 cm³/mol. The first kappa shape index (κ1) is 24.0. The van der Waals surface area contributed by atoms with Gasteiger partial charge in [0.25, 0.3) is 0 Å². The molecule has 2 aromatic carbocycles. The molecule has 0 saturated carbocycles. The van der Waals surface area contributed by atoms with Gasteiger partial charge in [-0.05, 0) is 46.8 Å². The van der Waals surface area contributed by atoms with E-state index in [1.807, 2.05) is 12.1 Å². The van der Waals surface area contributed by atoms with Crippen molar-refractivity contribution in [2.24, 2.45) is 10.4 Å². The van der Waals surface area contributed by atoms with Crippen LogP contribution in [0.3, 0.4) is 0 Å². The van der Waals surface area contributed by atoms with Gasteiger partial charge in [0.2, 0.25) is 0 Å². The van der Waals surface area contributed by atoms with E-state index in [-0.39, 0.29) is 0 Å². The summed E-state index contributed by atoms with van der Waals surface area (Å²) >= 11 is 0. The summed E-state index contributed by atoms with van der Waals surface area (Å²) in [5, 5.41) is 5.65. The number of benzene rings is 2. The van der Waals surface area contributed by atoms with Crippen LogP contribution in [0.2, 0.25) is 0 Å². The molecule has 0 aromatic heterocycles. The van der Waals surface area contributed by atoms with Crippen LogP contribution in [-0.4, -0.2) is 54.7 Å². The fourth-order valence-electron chi connectivity index (χ4n) is 2.38. The zero-order valence-corrected chi connectivity index (χ0v) is 17.2. The van der Waals surface area contributed by atoms with Gasteiger partial charge in [-0.15, -0.1) is 9.81 Å². The Morgan fingerprint density at radius 3 is 1.69 bits per heavy atom. The molecule has 0 unspecified atom stereocenters. The Hall–Kier alpha value is -3.04. The molecule has 0 fully saturated rings. The molecular formula is C20H27N3O6. The van der Waals surface area contributed by atoms with Crippen LogP contribution < -0.4 is 14.4 Å². The molecule has 0 aliphatic rings. The summed E-state index contributed by atoms with van der Waals surface area (Å²) in [5.41, 5.74) is 1.80. The number of hydrogen-bond acceptors (Lipinski definition) is 9. The lowest BCUT2D eigenvalue weighted by molar-refractivity contribution is 0.190. The molecule has 0 spiro atoms. The van der Waals surface area contributed by atoms with Crippen LogP contribution in [0.25, 0.3) is 0 Å². The van der Waals surface area contributed by atoms with Crippen LogP contribution >= 0.6 is 0 Å². The van der Waals surface area contributed by atoms with E-state index in [2.05, 4.69) is 15.3 Å². The van der Waals surface area contributed by atoms with Crippen molar-refractivity contribution in [1.82, 2.24) is 0 Å². The summed E-state index contributed by atoms with van der Waals surface area (Å²) in [6.07, 6.45) is 0. The number of rotatable bonds is 11. The maximum Gasteiger partial charge on any atom is 0.162 e. The molecule has 0 radical (unpaired) electrons. The molecule has 2 aromatic rings. The van der Waals surface area contributed by atoms with Gasteiger partial charge in [-0.25, -0.2) is 0 Å². The van der Waals surface area contributed by atoms with E-state index >= 15 is 0 Å². The molecule has 0 N–H and O–H groups in total. The third-order valence-corrected chi connectivity index (χ3v) is 3.92. The van der Waals surface area contributed by atoms with Crippen molar-refractivity contribution in [2.75, 3.05) is 59.6 Å². The Morgan fingerprint density at radius 2 is 1.24 bits per heavy atom. The van der Waals surface area contributed by atoms with Crippen LogP contribution in [0.4, 0.5) is 17.1 Å². The number of ether oxygens (including phenoxy) is 4. The third-order valence-electron chi connectivity index (χ3n) is 3.92. The van der Waals surface area contributed by atoms with E-state index in [0.717, 1.165) is 18.8 Å². The van der Waals surface area contributed by atoms with Gasteiger partial charge in [-0.3, -0.25) is 0 Å². The van der Waals surface area contributed by atoms with Crippen molar-refractivity contribution >= 4 is 17.1 Å². The maximum absolute atomic E-state index is 10.3. The minimum Gasteiger partial charge on any atom is -0.493 e. The van der Waals surface area contributed by atoms with Crippen LogP contribution in [0.5, 0.6) is 11.5 Å². The van der Waals surface area contributed by atoms with Crippen LogP contribution in [0.1, 0.15) is 0 Å². The highest BCUT2D eigenvalue weighted by Gasteiger charge is 2.06. The second kappa shape index (κ2) is 14.0. The average molecular weight is 405 g/mol. The molecule has 29 heavy (non-hydrogen) atoms. The minimum atomic E-state index is 0.327. The Kier molecular flexibility index (Phi) is 11.6. The van der Waals surface area contributed by atoms with Gasteiger partial charge >= 0.3 is 0 Å². The van der Waals surface area contributed by atoms with Crippen molar-refractivity contribution in [3.63, 3.8) is 0 Å². The van der Waals surface area contributed by atoms with Crippen molar-refractivity contribution in [3.05, 3.63) is 52.3 Å². The zero-order chi connectivity index (χ0) is 21.5. The summed E-state index contributed by atoms with van der Waals surface area (Å²) < 4.78 is 20.1. The largest absolute Gasteiger partial charge is 0.493 e. The monoisotopic (exact) mass is 405 g/mol. The number of methoxy groups -OCH3 is 4. The van der Waals surface area contributed by atoms with Gasteiger partial charge in [-0.1, -0.05) is 0 Å². The Labute approximate surface area is 170 Å². The molecular weight excluding hydrogens is 378 g/mol. The molecule has 0 aliphatic heterocycles. The molecule has 158 valence electrons. The highest BCUT2D eigenvalue weighted by atomic mass is 16.5. The van der Waals surface area contributed by atoms with Gasteiger partial charge in [-0.2, -0.15) is 0 Å². The molecule has 2 rings (SSSR count). The van der Waals surface area contributed by atoms with E-state index in [0.29, 0.717) is 36.1 Å². The Bertz CT molecular complexity index is 731. The summed E-state index contributed by atoms with van der Waals surface area (Å²) in [7, 11) is 6.39. The summed E-state index contributed by atoms with van der Waals surface area (Å²) in [5.74, 6) is 1.10. The van der Waals surface area contributed by atoms with Crippen molar-refractivity contribution in [2.45, 2.75) is 0 Å². The van der Waals surface area contributed by atoms with E-state index in [4.69, 9.17) is 18.9 Å². The fraction of sp³-hybridized carbons (Fsp3) is 0.400. The van der Waals surface area contributed by atoms with Gasteiger partial charge in [0.15, 0.2) is 11.5 Å². The van der Waals surface area contributed by atoms with Gasteiger partial charge in [0.05, 0.1) is 27.4 Å². The quantitative estimate of drug-likeness (QED) is 0.514. The highest BCUT2D eigenvalue weighted by Crippen LogP contribution is 2.30. The second-order valence-corrected chi connectivity index (χ2v) is 5.71. The molecule has 9 heteroatoms. The van der Waals surface area contributed by atoms with E-state index in [1.54, 1.807) is 38.5 Å². The minimum absolute atomic E-state index is 0.327. The van der Waals surface area contributed by atoms with Gasteiger partial charge < -0.3 is 23.8 Å². The number of nitroso groups, excluding NO2 is 2. The van der Waals surface area contributed by atoms with Crippen molar-refractivity contribution in [3.8, 4) is 11.5 Å². The molecule has 0 amide bonds. The molecule has 0 bridgehead atoms. The lowest BCUT2D eigenvalue weighted by atomic mass is 10.2. The van der Waals surface area contributed by atoms with E-state index in [1.165, 1.54) is 20.3 Å². The normalized spacial score (nSPS) is 9.79. The smallest absolute Gasteiger partial charge is 0.162 e. The first-order chi connectivity index (χ1) is 14.1. The fourth-order valence-corrected chi connectivity index (χ4v) is 2.38. The number of hydrogen-bond donors (Lipinski definition) is 0. The lowest BCUT2D eigenvalue weighted by Gasteiger charge is -2.24. The number of anilines is 1. The van der Waals surface area contributed by atoms with Crippen molar-refractivity contribution in [1.29, 1.82) is 0 Å². The van der Waals surface area contributed by atoms with E-state index < -0.39 is 0 Å². The van der Waals surface area contributed by atoms with Gasteiger partial charge in [0.1, 0.15) is 11.4 Å². The van der Waals surface area contributed by atoms with Gasteiger partial charge in [0, 0.05) is 39.1 Å². The summed E-state index contributed by atoms with van der Waals surface area (Å²) in [6, 6.07) is 11.9. The summed E-state index contributed by atoms with van der Waals surface area (Å²) in [4.78, 5) is 22.6. The standard InChI is InChI=1S/C12H18N2O3.C8H9NO3/c1-16-9-7-14(8-10-17-2)12-5-3-11(13-15)4-6-12;1-11-7-4-3-6(9-10)5-8(7)12-2/h3-6H,7-10H2,1-2H3;3-5H,1-2H3. The topological polar surface area (TPSA) is 99.0 Å². The zero-order valence-electron chi connectivity index (χ0n) is 17.2.